The molecule has 124 valence electrons. The molecule has 24 heavy (non-hydrogen) atoms. The fourth-order valence-electron chi connectivity index (χ4n) is 2.42. The average Bonchev–Trinajstić information content (AvgIpc) is 3.09. The number of anilines is 1. The lowest BCUT2D eigenvalue weighted by atomic mass is 10.00. The number of aliphatic hydroxyl groups excluding tert-OH is 1. The Kier molecular flexibility index (Phi) is 5.13. The number of aliphatic hydroxyl groups is 1. The number of nitrogens with zero attached hydrogens (tertiary/aromatic N) is 2. The molecule has 3 aromatic rings. The van der Waals surface area contributed by atoms with Crippen molar-refractivity contribution in [2.24, 2.45) is 0 Å². The lowest BCUT2D eigenvalue weighted by molar-refractivity contribution is 0.221. The molecule has 0 fully saturated rings. The fourth-order valence-corrected chi connectivity index (χ4v) is 2.60. The molecule has 2 N–H and O–H groups in total. The minimum atomic E-state index is -0.774. The lowest BCUT2D eigenvalue weighted by Crippen LogP contribution is -2.08. The molecule has 0 amide bonds. The summed E-state index contributed by atoms with van der Waals surface area (Å²) >= 11 is 6.11. The molecule has 6 heteroatoms. The minimum absolute atomic E-state index is 0.402. The van der Waals surface area contributed by atoms with Crippen LogP contribution in [0.25, 0.3) is 0 Å². The third-order valence-electron chi connectivity index (χ3n) is 3.67. The quantitative estimate of drug-likeness (QED) is 0.708. The van der Waals surface area contributed by atoms with Gasteiger partial charge in [-0.15, -0.1) is 0 Å². The van der Waals surface area contributed by atoms with E-state index in [1.807, 2.05) is 43.3 Å². The zero-order chi connectivity index (χ0) is 16.9. The smallest absolute Gasteiger partial charge is 0.226 e. The third-order valence-corrected chi connectivity index (χ3v) is 3.91. The molecule has 1 unspecified atom stereocenters. The van der Waals surface area contributed by atoms with Crippen molar-refractivity contribution in [3.05, 3.63) is 76.4 Å². The van der Waals surface area contributed by atoms with E-state index < -0.39 is 6.10 Å². The zero-order valence-corrected chi connectivity index (χ0v) is 14.0. The molecule has 0 aliphatic carbocycles. The maximum Gasteiger partial charge on any atom is 0.226 e. The first-order valence-corrected chi connectivity index (χ1v) is 8.13. The maximum absolute atomic E-state index is 10.7. The summed E-state index contributed by atoms with van der Waals surface area (Å²) in [6.45, 7) is 2.36. The van der Waals surface area contributed by atoms with Gasteiger partial charge in [-0.2, -0.15) is 4.98 Å². The van der Waals surface area contributed by atoms with E-state index >= 15 is 0 Å². The van der Waals surface area contributed by atoms with Crippen molar-refractivity contribution in [3.63, 3.8) is 0 Å². The first-order valence-electron chi connectivity index (χ1n) is 7.75. The van der Waals surface area contributed by atoms with Crippen molar-refractivity contribution in [2.45, 2.75) is 26.0 Å². The summed E-state index contributed by atoms with van der Waals surface area (Å²) < 4.78 is 5.10. The van der Waals surface area contributed by atoms with E-state index in [4.69, 9.17) is 16.1 Å². The van der Waals surface area contributed by atoms with Gasteiger partial charge in [0.05, 0.1) is 6.54 Å². The van der Waals surface area contributed by atoms with Gasteiger partial charge in [0.15, 0.2) is 5.82 Å². The summed E-state index contributed by atoms with van der Waals surface area (Å²) in [6, 6.07) is 14.8. The summed E-state index contributed by atoms with van der Waals surface area (Å²) in [5.74, 6) is 1.18. The molecule has 1 atom stereocenters. The van der Waals surface area contributed by atoms with Gasteiger partial charge in [-0.1, -0.05) is 54.0 Å². The molecule has 0 aliphatic heterocycles. The predicted octanol–water partition coefficient (Wildman–Crippen LogP) is 3.98. The monoisotopic (exact) mass is 343 g/mol. The van der Waals surface area contributed by atoms with Gasteiger partial charge >= 0.3 is 0 Å². The Labute approximate surface area is 145 Å². The van der Waals surface area contributed by atoms with E-state index in [9.17, 15) is 5.11 Å². The van der Waals surface area contributed by atoms with Crippen LogP contribution in [-0.4, -0.2) is 15.2 Å². The zero-order valence-electron chi connectivity index (χ0n) is 13.2. The Morgan fingerprint density at radius 2 is 2.00 bits per heavy atom. The molecule has 0 radical (unpaired) electrons. The molecule has 1 aromatic heterocycles. The number of hydrogen-bond donors (Lipinski definition) is 2. The summed E-state index contributed by atoms with van der Waals surface area (Å²) in [5, 5.41) is 18.4. The van der Waals surface area contributed by atoms with Gasteiger partial charge in [-0.3, -0.25) is 0 Å². The van der Waals surface area contributed by atoms with Crippen LogP contribution in [0.2, 0.25) is 5.02 Å². The molecule has 0 saturated heterocycles. The standard InChI is InChI=1S/C18H18ClN3O2/c1-2-17-21-16(22-24-17)11-20-15-9-8-13(19)10-14(15)18(23)12-6-4-3-5-7-12/h3-10,18,20,23H,2,11H2,1H3. The highest BCUT2D eigenvalue weighted by Gasteiger charge is 2.15. The van der Waals surface area contributed by atoms with Crippen molar-refractivity contribution in [3.8, 4) is 0 Å². The predicted molar refractivity (Wildman–Crippen MR) is 93.0 cm³/mol. The summed E-state index contributed by atoms with van der Waals surface area (Å²) in [7, 11) is 0. The van der Waals surface area contributed by atoms with Gasteiger partial charge < -0.3 is 14.9 Å². The van der Waals surface area contributed by atoms with Crippen LogP contribution in [0.3, 0.4) is 0 Å². The van der Waals surface area contributed by atoms with Gasteiger partial charge in [0.1, 0.15) is 6.10 Å². The van der Waals surface area contributed by atoms with Crippen LogP contribution in [0.4, 0.5) is 5.69 Å². The Morgan fingerprint density at radius 3 is 2.71 bits per heavy atom. The van der Waals surface area contributed by atoms with E-state index in [0.717, 1.165) is 11.3 Å². The number of halogens is 1. The number of hydrogen-bond acceptors (Lipinski definition) is 5. The summed E-state index contributed by atoms with van der Waals surface area (Å²) in [5.41, 5.74) is 2.28. The number of nitrogens with one attached hydrogen (secondary N) is 1. The molecular weight excluding hydrogens is 326 g/mol. The molecule has 3 rings (SSSR count). The number of benzene rings is 2. The molecule has 1 heterocycles. The second-order valence-corrected chi connectivity index (χ2v) is 5.79. The maximum atomic E-state index is 10.7. The van der Waals surface area contributed by atoms with Gasteiger partial charge in [0.2, 0.25) is 5.89 Å². The van der Waals surface area contributed by atoms with Gasteiger partial charge in [0.25, 0.3) is 0 Å². The second-order valence-electron chi connectivity index (χ2n) is 5.36. The molecule has 0 spiro atoms. The normalized spacial score (nSPS) is 12.1. The highest BCUT2D eigenvalue weighted by atomic mass is 35.5. The highest BCUT2D eigenvalue weighted by Crippen LogP contribution is 2.31. The molecule has 0 aliphatic rings. The number of aromatic nitrogens is 2. The second kappa shape index (κ2) is 7.47. The van der Waals surface area contributed by atoms with Crippen LogP contribution < -0.4 is 5.32 Å². The average molecular weight is 344 g/mol. The highest BCUT2D eigenvalue weighted by molar-refractivity contribution is 6.30. The molecule has 0 bridgehead atoms. The third kappa shape index (κ3) is 3.75. The molecule has 2 aromatic carbocycles. The SMILES string of the molecule is CCc1nc(CNc2ccc(Cl)cc2C(O)c2ccccc2)no1. The van der Waals surface area contributed by atoms with E-state index in [1.165, 1.54) is 0 Å². The fraction of sp³-hybridized carbons (Fsp3) is 0.222. The van der Waals surface area contributed by atoms with Crippen LogP contribution in [0.1, 0.15) is 35.9 Å². The number of rotatable bonds is 6. The van der Waals surface area contributed by atoms with E-state index in [2.05, 4.69) is 15.5 Å². The van der Waals surface area contributed by atoms with E-state index in [1.54, 1.807) is 12.1 Å². The Hall–Kier alpha value is -2.37. The first-order chi connectivity index (χ1) is 11.7. The van der Waals surface area contributed by atoms with Crippen LogP contribution in [0, 0.1) is 0 Å². The van der Waals surface area contributed by atoms with Crippen molar-refractivity contribution < 1.29 is 9.63 Å². The Morgan fingerprint density at radius 1 is 1.21 bits per heavy atom. The molecule has 0 saturated carbocycles. The first kappa shape index (κ1) is 16.5. The Bertz CT molecular complexity index is 805. The van der Waals surface area contributed by atoms with Crippen LogP contribution in [0.5, 0.6) is 0 Å². The van der Waals surface area contributed by atoms with Crippen molar-refractivity contribution in [2.75, 3.05) is 5.32 Å². The van der Waals surface area contributed by atoms with E-state index in [-0.39, 0.29) is 0 Å². The van der Waals surface area contributed by atoms with Crippen molar-refractivity contribution >= 4 is 17.3 Å². The van der Waals surface area contributed by atoms with Gasteiger partial charge in [0, 0.05) is 22.7 Å². The number of aryl methyl sites for hydroxylation is 1. The largest absolute Gasteiger partial charge is 0.384 e. The topological polar surface area (TPSA) is 71.2 Å². The van der Waals surface area contributed by atoms with Gasteiger partial charge in [-0.25, -0.2) is 0 Å². The molecule has 5 nitrogen and oxygen atoms in total. The minimum Gasteiger partial charge on any atom is -0.384 e. The van der Waals surface area contributed by atoms with Crippen molar-refractivity contribution in [1.82, 2.24) is 10.1 Å². The van der Waals surface area contributed by atoms with Crippen LogP contribution >= 0.6 is 11.6 Å². The van der Waals surface area contributed by atoms with Crippen LogP contribution in [0.15, 0.2) is 53.1 Å². The summed E-state index contributed by atoms with van der Waals surface area (Å²) in [4.78, 5) is 4.27. The summed E-state index contributed by atoms with van der Waals surface area (Å²) in [6.07, 6.45) is -0.0739. The van der Waals surface area contributed by atoms with Crippen molar-refractivity contribution in [1.29, 1.82) is 0 Å². The van der Waals surface area contributed by atoms with E-state index in [0.29, 0.717) is 35.3 Å². The van der Waals surface area contributed by atoms with Crippen LogP contribution in [-0.2, 0) is 13.0 Å². The lowest BCUT2D eigenvalue weighted by Gasteiger charge is -2.17. The van der Waals surface area contributed by atoms with Gasteiger partial charge in [-0.05, 0) is 23.8 Å². The molecular formula is C18H18ClN3O2. The Balaban J connectivity index is 1.82.